The zero-order chi connectivity index (χ0) is 26.0. The van der Waals surface area contributed by atoms with Gasteiger partial charge in [0, 0.05) is 46.8 Å². The fourth-order valence-corrected chi connectivity index (χ4v) is 5.48. The summed E-state index contributed by atoms with van der Waals surface area (Å²) >= 11 is 6.33. The van der Waals surface area contributed by atoms with Gasteiger partial charge in [-0.25, -0.2) is 0 Å². The van der Waals surface area contributed by atoms with Gasteiger partial charge in [-0.3, -0.25) is 9.59 Å². The normalized spacial score (nSPS) is 17.3. The average molecular weight is 510 g/mol. The quantitative estimate of drug-likeness (QED) is 0.485. The smallest absolute Gasteiger partial charge is 0.250 e. The number of nitrogens with one attached hydrogen (secondary N) is 2. The fraction of sp³-hybridized carbons (Fsp3) is 0.429. The van der Waals surface area contributed by atoms with E-state index >= 15 is 0 Å². The fourth-order valence-electron chi connectivity index (χ4n) is 5.29. The third-order valence-electron chi connectivity index (χ3n) is 6.83. The Kier molecular flexibility index (Phi) is 8.03. The van der Waals surface area contributed by atoms with Gasteiger partial charge in [0.2, 0.25) is 11.8 Å². The van der Waals surface area contributed by atoms with Crippen LogP contribution in [-0.4, -0.2) is 80.5 Å². The van der Waals surface area contributed by atoms with Crippen molar-refractivity contribution in [3.8, 4) is 0 Å². The topological polar surface area (TPSA) is 71.7 Å². The number of carbonyl (C=O) groups is 2. The van der Waals surface area contributed by atoms with Crippen LogP contribution in [0.5, 0.6) is 0 Å². The van der Waals surface area contributed by atoms with Gasteiger partial charge in [0.1, 0.15) is 6.04 Å². The minimum absolute atomic E-state index is 0.105. The molecule has 2 N–H and O–H groups in total. The number of H-pyrrole nitrogens is 1. The molecular weight excluding hydrogens is 474 g/mol. The molecule has 1 aliphatic rings. The van der Waals surface area contributed by atoms with E-state index in [9.17, 15) is 9.59 Å². The van der Waals surface area contributed by atoms with Gasteiger partial charge in [0.15, 0.2) is 0 Å². The van der Waals surface area contributed by atoms with Crippen molar-refractivity contribution >= 4 is 40.0 Å². The number of amides is 2. The third kappa shape index (κ3) is 5.75. The largest absolute Gasteiger partial charge is 0.361 e. The minimum atomic E-state index is -0.724. The highest BCUT2D eigenvalue weighted by Gasteiger charge is 2.37. The lowest BCUT2D eigenvalue weighted by molar-refractivity contribution is -0.128. The first-order chi connectivity index (χ1) is 17.1. The number of likely N-dealkylation sites (N-methyl/N-ethyl adjacent to an activating group) is 1. The predicted molar refractivity (Wildman–Crippen MR) is 147 cm³/mol. The molecule has 7 nitrogen and oxygen atoms in total. The molecule has 0 spiro atoms. The van der Waals surface area contributed by atoms with Crippen LogP contribution in [0.25, 0.3) is 10.9 Å². The number of benzene rings is 2. The monoisotopic (exact) mass is 509 g/mol. The van der Waals surface area contributed by atoms with E-state index in [4.69, 9.17) is 11.6 Å². The number of aromatic nitrogens is 1. The van der Waals surface area contributed by atoms with Crippen LogP contribution in [-0.2, 0) is 16.0 Å². The van der Waals surface area contributed by atoms with Gasteiger partial charge in [-0.1, -0.05) is 36.7 Å². The molecule has 4 rings (SSSR count). The average Bonchev–Trinajstić information content (AvgIpc) is 3.24. The maximum absolute atomic E-state index is 14.3. The molecule has 1 aliphatic heterocycles. The van der Waals surface area contributed by atoms with E-state index < -0.39 is 6.04 Å². The molecule has 36 heavy (non-hydrogen) atoms. The van der Waals surface area contributed by atoms with E-state index in [1.165, 1.54) is 0 Å². The third-order valence-corrected chi connectivity index (χ3v) is 7.06. The van der Waals surface area contributed by atoms with Crippen LogP contribution in [0, 0.1) is 5.92 Å². The first kappa shape index (κ1) is 26.2. The highest BCUT2D eigenvalue weighted by atomic mass is 35.5. The second-order valence-corrected chi connectivity index (χ2v) is 10.9. The van der Waals surface area contributed by atoms with E-state index in [0.717, 1.165) is 40.7 Å². The van der Waals surface area contributed by atoms with E-state index in [-0.39, 0.29) is 30.2 Å². The number of hydrogen-bond donors (Lipinski definition) is 2. The maximum atomic E-state index is 14.3. The van der Waals surface area contributed by atoms with Crippen molar-refractivity contribution in [2.75, 3.05) is 52.7 Å². The lowest BCUT2D eigenvalue weighted by atomic mass is 9.88. The molecule has 0 saturated carbocycles. The molecule has 0 aliphatic carbocycles. The van der Waals surface area contributed by atoms with Crippen LogP contribution in [0.4, 0.5) is 5.69 Å². The first-order valence-electron chi connectivity index (χ1n) is 12.4. The lowest BCUT2D eigenvalue weighted by Gasteiger charge is -2.38. The number of para-hydroxylation sites is 1. The highest BCUT2D eigenvalue weighted by Crippen LogP contribution is 2.35. The van der Waals surface area contributed by atoms with Crippen LogP contribution in [0.2, 0.25) is 5.02 Å². The van der Waals surface area contributed by atoms with E-state index in [1.54, 1.807) is 4.90 Å². The molecule has 192 valence electrons. The summed E-state index contributed by atoms with van der Waals surface area (Å²) < 4.78 is 0. The van der Waals surface area contributed by atoms with Crippen LogP contribution in [0.1, 0.15) is 24.0 Å². The number of hydrogen-bond acceptors (Lipinski definition) is 4. The predicted octanol–water partition coefficient (Wildman–Crippen LogP) is 3.74. The summed E-state index contributed by atoms with van der Waals surface area (Å²) in [5.41, 5.74) is 3.95. The van der Waals surface area contributed by atoms with E-state index in [2.05, 4.69) is 15.2 Å². The lowest BCUT2D eigenvalue weighted by Crippen LogP contribution is -2.55. The van der Waals surface area contributed by atoms with Gasteiger partial charge < -0.3 is 25.0 Å². The second-order valence-electron chi connectivity index (χ2n) is 10.4. The van der Waals surface area contributed by atoms with Crippen molar-refractivity contribution in [3.63, 3.8) is 0 Å². The SMILES string of the molecule is CC(c1c[nH]c2ccccc12)C(NC(=O)CN(C)C)C(=O)N1C[C@@H](CN(C)C)Cc2cc(Cl)ccc21. The molecule has 0 fully saturated rings. The summed E-state index contributed by atoms with van der Waals surface area (Å²) in [5, 5.41) is 4.79. The Bertz CT molecular complexity index is 1240. The van der Waals surface area contributed by atoms with Gasteiger partial charge >= 0.3 is 0 Å². The zero-order valence-electron chi connectivity index (χ0n) is 21.7. The van der Waals surface area contributed by atoms with Crippen LogP contribution >= 0.6 is 11.6 Å². The molecule has 2 amide bonds. The minimum Gasteiger partial charge on any atom is -0.361 e. The first-order valence-corrected chi connectivity index (χ1v) is 12.8. The van der Waals surface area contributed by atoms with Crippen molar-refractivity contribution in [1.82, 2.24) is 20.1 Å². The molecule has 0 radical (unpaired) electrons. The number of carbonyl (C=O) groups excluding carboxylic acids is 2. The Hall–Kier alpha value is -2.87. The standard InChI is InChI=1S/C28H36ClN5O2/c1-18(23-14-30-24-9-7-6-8-22(23)24)27(31-26(35)17-33(4)5)28(36)34-16-19(15-32(2)3)12-20-13-21(29)10-11-25(20)34/h6-11,13-14,18-19,27,30H,12,15-17H2,1-5H3,(H,31,35)/t18?,19-,27?/m1/s1. The van der Waals surface area contributed by atoms with Crippen molar-refractivity contribution in [2.24, 2.45) is 5.92 Å². The molecule has 0 bridgehead atoms. The van der Waals surface area contributed by atoms with E-state index in [1.807, 2.05) is 88.7 Å². The Morgan fingerprint density at radius 2 is 1.89 bits per heavy atom. The van der Waals surface area contributed by atoms with Gasteiger partial charge in [-0.15, -0.1) is 0 Å². The molecule has 1 aromatic heterocycles. The summed E-state index contributed by atoms with van der Waals surface area (Å²) in [6, 6.07) is 13.0. The van der Waals surface area contributed by atoms with Crippen LogP contribution < -0.4 is 10.2 Å². The van der Waals surface area contributed by atoms with Crippen molar-refractivity contribution < 1.29 is 9.59 Å². The van der Waals surface area contributed by atoms with Gasteiger partial charge in [0.25, 0.3) is 0 Å². The van der Waals surface area contributed by atoms with Crippen molar-refractivity contribution in [2.45, 2.75) is 25.3 Å². The summed E-state index contributed by atoms with van der Waals surface area (Å²) in [5.74, 6) is -0.267. The molecule has 2 heterocycles. The van der Waals surface area contributed by atoms with Crippen molar-refractivity contribution in [3.05, 3.63) is 64.8 Å². The van der Waals surface area contributed by atoms with Crippen LogP contribution in [0.15, 0.2) is 48.7 Å². The Labute approximate surface area is 218 Å². The summed E-state index contributed by atoms with van der Waals surface area (Å²) in [4.78, 5) is 36.4. The highest BCUT2D eigenvalue weighted by molar-refractivity contribution is 6.30. The summed E-state index contributed by atoms with van der Waals surface area (Å²) in [6.07, 6.45) is 2.81. The molecule has 0 saturated heterocycles. The number of anilines is 1. The Morgan fingerprint density at radius 3 is 2.61 bits per heavy atom. The molecule has 2 unspecified atom stereocenters. The molecule has 2 aromatic carbocycles. The van der Waals surface area contributed by atoms with E-state index in [0.29, 0.717) is 11.6 Å². The molecule has 3 atom stereocenters. The number of rotatable bonds is 8. The number of nitrogens with zero attached hydrogens (tertiary/aromatic N) is 3. The number of halogens is 1. The number of aromatic amines is 1. The Morgan fingerprint density at radius 1 is 1.14 bits per heavy atom. The molecule has 8 heteroatoms. The molecular formula is C28H36ClN5O2. The van der Waals surface area contributed by atoms with Gasteiger partial charge in [0.05, 0.1) is 6.54 Å². The van der Waals surface area contributed by atoms with Gasteiger partial charge in [-0.2, -0.15) is 0 Å². The summed E-state index contributed by atoms with van der Waals surface area (Å²) in [7, 11) is 7.78. The number of fused-ring (bicyclic) bond motifs is 2. The Balaban J connectivity index is 1.72. The van der Waals surface area contributed by atoms with Crippen LogP contribution in [0.3, 0.4) is 0 Å². The summed E-state index contributed by atoms with van der Waals surface area (Å²) in [6.45, 7) is 3.66. The van der Waals surface area contributed by atoms with Gasteiger partial charge in [-0.05, 0) is 75.9 Å². The van der Waals surface area contributed by atoms with Crippen molar-refractivity contribution in [1.29, 1.82) is 0 Å². The zero-order valence-corrected chi connectivity index (χ0v) is 22.5. The molecule has 3 aromatic rings. The second kappa shape index (κ2) is 11.0. The maximum Gasteiger partial charge on any atom is 0.250 e.